The summed E-state index contributed by atoms with van der Waals surface area (Å²) >= 11 is 0. The number of benzene rings is 1. The second-order valence-electron chi connectivity index (χ2n) is 5.73. The topological polar surface area (TPSA) is 92.7 Å². The average Bonchev–Trinajstić information content (AvgIpc) is 2.92. The largest absolute Gasteiger partial charge is 0.318 e. The van der Waals surface area contributed by atoms with Crippen LogP contribution in [0.2, 0.25) is 0 Å². The number of carbonyl (C=O) groups is 1. The molecule has 0 atom stereocenters. The summed E-state index contributed by atoms with van der Waals surface area (Å²) in [7, 11) is 0. The van der Waals surface area contributed by atoms with E-state index in [2.05, 4.69) is 20.4 Å². The number of aryl methyl sites for hydroxylation is 3. The molecule has 2 heterocycles. The van der Waals surface area contributed by atoms with Crippen LogP contribution in [-0.2, 0) is 0 Å². The van der Waals surface area contributed by atoms with Crippen molar-refractivity contribution in [2.24, 2.45) is 0 Å². The molecule has 1 amide bonds. The fraction of sp³-hybridized carbons (Fsp3) is 0.176. The maximum atomic E-state index is 13.8. The summed E-state index contributed by atoms with van der Waals surface area (Å²) in [5.41, 5.74) is 1.72. The Hall–Kier alpha value is -3.29. The zero-order chi connectivity index (χ0) is 18.1. The second kappa shape index (κ2) is 6.31. The number of halogens is 1. The minimum atomic E-state index is -0.635. The molecule has 128 valence electrons. The fourth-order valence-corrected chi connectivity index (χ4v) is 2.39. The van der Waals surface area contributed by atoms with E-state index >= 15 is 0 Å². The molecule has 25 heavy (non-hydrogen) atoms. The van der Waals surface area contributed by atoms with E-state index in [-0.39, 0.29) is 17.3 Å². The molecule has 0 bridgehead atoms. The number of aromatic amines is 1. The van der Waals surface area contributed by atoms with Crippen LogP contribution in [0.25, 0.3) is 5.95 Å². The Morgan fingerprint density at radius 1 is 1.12 bits per heavy atom. The van der Waals surface area contributed by atoms with Crippen LogP contribution >= 0.6 is 0 Å². The highest BCUT2D eigenvalue weighted by Gasteiger charge is 2.15. The van der Waals surface area contributed by atoms with E-state index in [1.165, 1.54) is 12.1 Å². The van der Waals surface area contributed by atoms with E-state index in [0.29, 0.717) is 11.4 Å². The van der Waals surface area contributed by atoms with Gasteiger partial charge < -0.3 is 5.32 Å². The first kappa shape index (κ1) is 16.6. The van der Waals surface area contributed by atoms with E-state index in [1.807, 2.05) is 0 Å². The summed E-state index contributed by atoms with van der Waals surface area (Å²) in [5, 5.41) is 5.09. The van der Waals surface area contributed by atoms with Crippen LogP contribution < -0.4 is 10.9 Å². The number of rotatable bonds is 3. The quantitative estimate of drug-likeness (QED) is 0.764. The maximum absolute atomic E-state index is 13.8. The molecule has 0 aliphatic rings. The fourth-order valence-electron chi connectivity index (χ4n) is 2.39. The molecule has 0 radical (unpaired) electrons. The SMILES string of the molecule is Cc1ccc(F)c(NC(=O)c2cc(=O)n(-c3nc(C)cc(C)n3)[nH]2)c1. The Morgan fingerprint density at radius 2 is 1.80 bits per heavy atom. The number of hydrogen-bond donors (Lipinski definition) is 2. The second-order valence-corrected chi connectivity index (χ2v) is 5.73. The van der Waals surface area contributed by atoms with Crippen LogP contribution in [0.4, 0.5) is 10.1 Å². The van der Waals surface area contributed by atoms with Crippen LogP contribution in [0.5, 0.6) is 0 Å². The van der Waals surface area contributed by atoms with Crippen molar-refractivity contribution in [2.45, 2.75) is 20.8 Å². The molecule has 0 aliphatic heterocycles. The summed E-state index contributed by atoms with van der Waals surface area (Å²) in [6, 6.07) is 7.26. The van der Waals surface area contributed by atoms with E-state index in [0.717, 1.165) is 16.3 Å². The van der Waals surface area contributed by atoms with Crippen molar-refractivity contribution in [3.63, 3.8) is 0 Å². The van der Waals surface area contributed by atoms with Gasteiger partial charge in [-0.1, -0.05) is 6.07 Å². The summed E-state index contributed by atoms with van der Waals surface area (Å²) in [4.78, 5) is 32.8. The van der Waals surface area contributed by atoms with Gasteiger partial charge in [0.2, 0.25) is 0 Å². The zero-order valence-corrected chi connectivity index (χ0v) is 13.9. The van der Waals surface area contributed by atoms with Gasteiger partial charge >= 0.3 is 0 Å². The highest BCUT2D eigenvalue weighted by molar-refractivity contribution is 6.02. The van der Waals surface area contributed by atoms with Crippen molar-refractivity contribution in [1.29, 1.82) is 0 Å². The third-order valence-electron chi connectivity index (χ3n) is 3.51. The van der Waals surface area contributed by atoms with Crippen molar-refractivity contribution in [2.75, 3.05) is 5.32 Å². The van der Waals surface area contributed by atoms with Gasteiger partial charge in [-0.25, -0.2) is 14.4 Å². The first-order valence-corrected chi connectivity index (χ1v) is 7.56. The summed E-state index contributed by atoms with van der Waals surface area (Å²) in [6.07, 6.45) is 0. The predicted octanol–water partition coefficient (Wildman–Crippen LogP) is 2.27. The molecule has 3 aromatic rings. The zero-order valence-electron chi connectivity index (χ0n) is 13.9. The highest BCUT2D eigenvalue weighted by Crippen LogP contribution is 2.16. The van der Waals surface area contributed by atoms with Crippen LogP contribution in [0, 0.1) is 26.6 Å². The standard InChI is InChI=1S/C17H16FN5O2/c1-9-4-5-12(18)13(6-9)21-16(25)14-8-15(24)23(22-14)17-19-10(2)7-11(3)20-17/h4-8,22H,1-3H3,(H,21,25). The number of anilines is 1. The number of nitrogens with zero attached hydrogens (tertiary/aromatic N) is 3. The molecule has 0 aliphatic carbocycles. The molecule has 3 rings (SSSR count). The number of carbonyl (C=O) groups excluding carboxylic acids is 1. The Labute approximate surface area is 142 Å². The Morgan fingerprint density at radius 3 is 2.48 bits per heavy atom. The summed E-state index contributed by atoms with van der Waals surface area (Å²) < 4.78 is 14.8. The number of nitrogens with one attached hydrogen (secondary N) is 2. The lowest BCUT2D eigenvalue weighted by molar-refractivity contribution is 0.102. The van der Waals surface area contributed by atoms with E-state index in [9.17, 15) is 14.0 Å². The minimum absolute atomic E-state index is 0.0198. The molecule has 2 aromatic heterocycles. The van der Waals surface area contributed by atoms with Gasteiger partial charge in [-0.05, 0) is 44.5 Å². The summed E-state index contributed by atoms with van der Waals surface area (Å²) in [5.74, 6) is -1.05. The molecule has 0 unspecified atom stereocenters. The first-order chi connectivity index (χ1) is 11.8. The van der Waals surface area contributed by atoms with E-state index in [1.54, 1.807) is 32.9 Å². The highest BCUT2D eigenvalue weighted by atomic mass is 19.1. The lowest BCUT2D eigenvalue weighted by Crippen LogP contribution is -2.18. The third-order valence-corrected chi connectivity index (χ3v) is 3.51. The summed E-state index contributed by atoms with van der Waals surface area (Å²) in [6.45, 7) is 5.34. The Bertz CT molecular complexity index is 1000. The van der Waals surface area contributed by atoms with Gasteiger partial charge in [-0.3, -0.25) is 14.7 Å². The molecule has 0 fully saturated rings. The van der Waals surface area contributed by atoms with Crippen LogP contribution in [-0.4, -0.2) is 25.7 Å². The van der Waals surface area contributed by atoms with Crippen molar-refractivity contribution in [3.8, 4) is 5.95 Å². The number of amides is 1. The third kappa shape index (κ3) is 3.47. The molecule has 2 N–H and O–H groups in total. The molecule has 0 spiro atoms. The molecule has 1 aromatic carbocycles. The normalized spacial score (nSPS) is 10.7. The smallest absolute Gasteiger partial charge is 0.274 e. The minimum Gasteiger partial charge on any atom is -0.318 e. The van der Waals surface area contributed by atoms with Gasteiger partial charge in [0, 0.05) is 17.5 Å². The average molecular weight is 341 g/mol. The van der Waals surface area contributed by atoms with Gasteiger partial charge in [-0.15, -0.1) is 0 Å². The van der Waals surface area contributed by atoms with E-state index in [4.69, 9.17) is 0 Å². The molecule has 7 nitrogen and oxygen atoms in total. The Kier molecular flexibility index (Phi) is 4.18. The number of aromatic nitrogens is 4. The number of hydrogen-bond acceptors (Lipinski definition) is 4. The van der Waals surface area contributed by atoms with Crippen molar-refractivity contribution < 1.29 is 9.18 Å². The Balaban J connectivity index is 1.93. The van der Waals surface area contributed by atoms with Crippen LogP contribution in [0.15, 0.2) is 35.1 Å². The van der Waals surface area contributed by atoms with Crippen LogP contribution in [0.1, 0.15) is 27.4 Å². The monoisotopic (exact) mass is 341 g/mol. The number of H-pyrrole nitrogens is 1. The van der Waals surface area contributed by atoms with Crippen molar-refractivity contribution in [1.82, 2.24) is 19.7 Å². The lowest BCUT2D eigenvalue weighted by atomic mass is 10.2. The van der Waals surface area contributed by atoms with Gasteiger partial charge in [0.05, 0.1) is 5.69 Å². The van der Waals surface area contributed by atoms with Crippen molar-refractivity contribution >= 4 is 11.6 Å². The molecule has 0 saturated carbocycles. The van der Waals surface area contributed by atoms with Gasteiger partial charge in [0.25, 0.3) is 17.4 Å². The molecule has 0 saturated heterocycles. The molecular formula is C17H16FN5O2. The van der Waals surface area contributed by atoms with Gasteiger partial charge in [0.15, 0.2) is 0 Å². The maximum Gasteiger partial charge on any atom is 0.274 e. The van der Waals surface area contributed by atoms with Crippen LogP contribution in [0.3, 0.4) is 0 Å². The molecule has 8 heteroatoms. The lowest BCUT2D eigenvalue weighted by Gasteiger charge is -2.06. The first-order valence-electron chi connectivity index (χ1n) is 7.56. The van der Waals surface area contributed by atoms with Gasteiger partial charge in [0.1, 0.15) is 11.5 Å². The molecular weight excluding hydrogens is 325 g/mol. The van der Waals surface area contributed by atoms with E-state index < -0.39 is 17.3 Å². The van der Waals surface area contributed by atoms with Gasteiger partial charge in [-0.2, -0.15) is 4.68 Å². The van der Waals surface area contributed by atoms with Crippen molar-refractivity contribution in [3.05, 3.63) is 69.1 Å². The predicted molar refractivity (Wildman–Crippen MR) is 90.5 cm³/mol.